The molecule has 0 spiro atoms. The Balaban J connectivity index is 1.53. The standard InChI is InChI=1S/C24H25Cl2N5O3/c1-3-30-19-13-31(14(2)22(32)28-11-9-16-6-4-5-10-27-16)23(33)20(19)21(29-24(30)34)17-8-7-15(25)12-18(17)26/h4-8,10,12,14,21H,3,9,11,13H2,1-2H3,(H,28,32)(H,29,34). The lowest BCUT2D eigenvalue weighted by molar-refractivity contribution is -0.135. The van der Waals surface area contributed by atoms with Gasteiger partial charge in [-0.25, -0.2) is 4.79 Å². The number of urea groups is 1. The van der Waals surface area contributed by atoms with Gasteiger partial charge >= 0.3 is 6.03 Å². The molecule has 2 unspecified atom stereocenters. The van der Waals surface area contributed by atoms with E-state index in [1.807, 2.05) is 25.1 Å². The molecule has 2 aliphatic heterocycles. The minimum absolute atomic E-state index is 0.159. The molecule has 0 aliphatic carbocycles. The van der Waals surface area contributed by atoms with Gasteiger partial charge in [-0.15, -0.1) is 0 Å². The van der Waals surface area contributed by atoms with Crippen molar-refractivity contribution in [3.63, 3.8) is 0 Å². The summed E-state index contributed by atoms with van der Waals surface area (Å²) in [7, 11) is 0. The normalized spacial score (nSPS) is 18.6. The van der Waals surface area contributed by atoms with Crippen LogP contribution < -0.4 is 10.6 Å². The Morgan fingerprint density at radius 3 is 2.74 bits per heavy atom. The van der Waals surface area contributed by atoms with Gasteiger partial charge in [0.05, 0.1) is 23.9 Å². The fraction of sp³-hybridized carbons (Fsp3) is 0.333. The quantitative estimate of drug-likeness (QED) is 0.608. The maximum absolute atomic E-state index is 13.5. The predicted molar refractivity (Wildman–Crippen MR) is 129 cm³/mol. The van der Waals surface area contributed by atoms with Crippen molar-refractivity contribution >= 4 is 41.0 Å². The molecule has 0 saturated heterocycles. The van der Waals surface area contributed by atoms with Gasteiger partial charge < -0.3 is 15.5 Å². The van der Waals surface area contributed by atoms with Crippen LogP contribution in [0.5, 0.6) is 0 Å². The Labute approximate surface area is 207 Å². The van der Waals surface area contributed by atoms with Crippen LogP contribution in [0.4, 0.5) is 4.79 Å². The average molecular weight is 502 g/mol. The number of nitrogens with one attached hydrogen (secondary N) is 2. The number of aromatic nitrogens is 1. The van der Waals surface area contributed by atoms with E-state index in [2.05, 4.69) is 15.6 Å². The van der Waals surface area contributed by atoms with Gasteiger partial charge in [-0.05, 0) is 43.7 Å². The van der Waals surface area contributed by atoms with Crippen LogP contribution in [0.3, 0.4) is 0 Å². The zero-order chi connectivity index (χ0) is 24.4. The van der Waals surface area contributed by atoms with Gasteiger partial charge in [0.15, 0.2) is 0 Å². The minimum atomic E-state index is -0.730. The molecule has 0 radical (unpaired) electrons. The highest BCUT2D eigenvalue weighted by molar-refractivity contribution is 6.35. The number of benzene rings is 1. The number of carbonyl (C=O) groups is 3. The Hall–Kier alpha value is -3.10. The molecule has 1 aromatic heterocycles. The number of rotatable bonds is 7. The van der Waals surface area contributed by atoms with Crippen molar-refractivity contribution in [3.8, 4) is 0 Å². The van der Waals surface area contributed by atoms with Crippen molar-refractivity contribution in [1.82, 2.24) is 25.4 Å². The molecule has 2 N–H and O–H groups in total. The lowest BCUT2D eigenvalue weighted by Crippen LogP contribution is -2.47. The second-order valence-electron chi connectivity index (χ2n) is 8.12. The number of carbonyl (C=O) groups excluding carboxylic acids is 3. The lowest BCUT2D eigenvalue weighted by Gasteiger charge is -2.33. The average Bonchev–Trinajstić information content (AvgIpc) is 3.16. The van der Waals surface area contributed by atoms with Crippen molar-refractivity contribution in [1.29, 1.82) is 0 Å². The molecule has 34 heavy (non-hydrogen) atoms. The zero-order valence-corrected chi connectivity index (χ0v) is 20.4. The molecule has 0 saturated carbocycles. The summed E-state index contributed by atoms with van der Waals surface area (Å²) >= 11 is 12.4. The molecular formula is C24H25Cl2N5O3. The Morgan fingerprint density at radius 2 is 2.06 bits per heavy atom. The summed E-state index contributed by atoms with van der Waals surface area (Å²) in [5.41, 5.74) is 2.44. The summed E-state index contributed by atoms with van der Waals surface area (Å²) in [4.78, 5) is 46.5. The van der Waals surface area contributed by atoms with Gasteiger partial charge in [-0.1, -0.05) is 35.3 Å². The Bertz CT molecular complexity index is 1150. The van der Waals surface area contributed by atoms with Crippen LogP contribution in [-0.4, -0.2) is 58.3 Å². The molecule has 2 atom stereocenters. The fourth-order valence-corrected chi connectivity index (χ4v) is 4.80. The molecule has 2 aliphatic rings. The van der Waals surface area contributed by atoms with Crippen LogP contribution in [0.15, 0.2) is 53.9 Å². The van der Waals surface area contributed by atoms with Crippen molar-refractivity contribution in [3.05, 3.63) is 75.2 Å². The van der Waals surface area contributed by atoms with Gasteiger partial charge in [0.1, 0.15) is 6.04 Å². The number of hydrogen-bond donors (Lipinski definition) is 2. The monoisotopic (exact) mass is 501 g/mol. The molecule has 2 aromatic rings. The molecule has 4 amide bonds. The smallest absolute Gasteiger partial charge is 0.322 e. The van der Waals surface area contributed by atoms with Gasteiger partial charge in [0.2, 0.25) is 5.91 Å². The van der Waals surface area contributed by atoms with E-state index in [1.165, 1.54) is 9.80 Å². The SMILES string of the molecule is CCN1C(=O)NC(c2ccc(Cl)cc2Cl)C2=C1CN(C(C)C(=O)NCCc1ccccn1)C2=O. The van der Waals surface area contributed by atoms with Crippen LogP contribution >= 0.6 is 23.2 Å². The lowest BCUT2D eigenvalue weighted by atomic mass is 9.95. The largest absolute Gasteiger partial charge is 0.354 e. The second kappa shape index (κ2) is 10.0. The third-order valence-corrected chi connectivity index (χ3v) is 6.66. The summed E-state index contributed by atoms with van der Waals surface area (Å²) < 4.78 is 0. The van der Waals surface area contributed by atoms with Crippen LogP contribution in [0, 0.1) is 0 Å². The number of pyridine rings is 1. The van der Waals surface area contributed by atoms with E-state index in [1.54, 1.807) is 31.3 Å². The van der Waals surface area contributed by atoms with Crippen molar-refractivity contribution < 1.29 is 14.4 Å². The first-order valence-corrected chi connectivity index (χ1v) is 11.8. The van der Waals surface area contributed by atoms with Gasteiger partial charge in [-0.2, -0.15) is 0 Å². The number of amides is 4. The fourth-order valence-electron chi connectivity index (χ4n) is 4.28. The van der Waals surface area contributed by atoms with Crippen molar-refractivity contribution in [2.75, 3.05) is 19.6 Å². The van der Waals surface area contributed by atoms with Crippen molar-refractivity contribution in [2.24, 2.45) is 0 Å². The van der Waals surface area contributed by atoms with Crippen LogP contribution in [0.25, 0.3) is 0 Å². The Morgan fingerprint density at radius 1 is 1.26 bits per heavy atom. The molecule has 10 heteroatoms. The second-order valence-corrected chi connectivity index (χ2v) is 8.97. The maximum atomic E-state index is 13.5. The topological polar surface area (TPSA) is 94.6 Å². The molecule has 1 aromatic carbocycles. The molecule has 4 rings (SSSR count). The summed E-state index contributed by atoms with van der Waals surface area (Å²) in [6.07, 6.45) is 2.29. The number of halogens is 2. The molecule has 0 fully saturated rings. The molecule has 178 valence electrons. The summed E-state index contributed by atoms with van der Waals surface area (Å²) in [6, 6.07) is 8.78. The predicted octanol–water partition coefficient (Wildman–Crippen LogP) is 3.32. The molecular weight excluding hydrogens is 477 g/mol. The van der Waals surface area contributed by atoms with Crippen LogP contribution in [-0.2, 0) is 16.0 Å². The van der Waals surface area contributed by atoms with E-state index in [0.717, 1.165) is 5.69 Å². The van der Waals surface area contributed by atoms with E-state index in [9.17, 15) is 14.4 Å². The third kappa shape index (κ3) is 4.60. The van der Waals surface area contributed by atoms with Gasteiger partial charge in [0.25, 0.3) is 5.91 Å². The number of nitrogens with zero attached hydrogens (tertiary/aromatic N) is 3. The number of likely N-dealkylation sites (N-methyl/N-ethyl adjacent to an activating group) is 1. The number of hydrogen-bond acceptors (Lipinski definition) is 4. The highest BCUT2D eigenvalue weighted by Crippen LogP contribution is 2.39. The summed E-state index contributed by atoms with van der Waals surface area (Å²) in [5, 5.41) is 6.56. The summed E-state index contributed by atoms with van der Waals surface area (Å²) in [6.45, 7) is 4.46. The zero-order valence-electron chi connectivity index (χ0n) is 18.8. The Kier molecular flexibility index (Phi) is 7.09. The molecule has 0 bridgehead atoms. The van der Waals surface area contributed by atoms with E-state index in [0.29, 0.717) is 46.4 Å². The maximum Gasteiger partial charge on any atom is 0.322 e. The first-order chi connectivity index (χ1) is 16.3. The highest BCUT2D eigenvalue weighted by Gasteiger charge is 2.46. The van der Waals surface area contributed by atoms with E-state index in [4.69, 9.17) is 23.2 Å². The molecule has 3 heterocycles. The molecule has 8 nitrogen and oxygen atoms in total. The third-order valence-electron chi connectivity index (χ3n) is 6.09. The first kappa shape index (κ1) is 24.0. The van der Waals surface area contributed by atoms with E-state index in [-0.39, 0.29) is 24.4 Å². The van der Waals surface area contributed by atoms with Crippen molar-refractivity contribution in [2.45, 2.75) is 32.4 Å². The van der Waals surface area contributed by atoms with E-state index < -0.39 is 12.1 Å². The highest BCUT2D eigenvalue weighted by atomic mass is 35.5. The first-order valence-electron chi connectivity index (χ1n) is 11.1. The van der Waals surface area contributed by atoms with Crippen LogP contribution in [0.1, 0.15) is 31.1 Å². The van der Waals surface area contributed by atoms with E-state index >= 15 is 0 Å². The van der Waals surface area contributed by atoms with Crippen LogP contribution in [0.2, 0.25) is 10.0 Å². The minimum Gasteiger partial charge on any atom is -0.354 e. The summed E-state index contributed by atoms with van der Waals surface area (Å²) in [5.74, 6) is -0.579. The van der Waals surface area contributed by atoms with Gasteiger partial charge in [-0.3, -0.25) is 19.5 Å². The van der Waals surface area contributed by atoms with Gasteiger partial charge in [0, 0.05) is 41.4 Å².